The Hall–Kier alpha value is -3.80. The second kappa shape index (κ2) is 10.5. The molecule has 0 bridgehead atoms. The molecule has 2 aromatic carbocycles. The van der Waals surface area contributed by atoms with Gasteiger partial charge in [-0.3, -0.25) is 4.79 Å². The van der Waals surface area contributed by atoms with E-state index in [1.54, 1.807) is 34.0 Å². The molecule has 0 saturated heterocycles. The predicted molar refractivity (Wildman–Crippen MR) is 123 cm³/mol. The van der Waals surface area contributed by atoms with Crippen molar-refractivity contribution < 1.29 is 23.8 Å². The van der Waals surface area contributed by atoms with Crippen molar-refractivity contribution in [3.63, 3.8) is 0 Å². The van der Waals surface area contributed by atoms with Crippen molar-refractivity contribution in [1.82, 2.24) is 4.98 Å². The van der Waals surface area contributed by atoms with Gasteiger partial charge in [-0.1, -0.05) is 42.5 Å². The Morgan fingerprint density at radius 3 is 2.47 bits per heavy atom. The average Bonchev–Trinajstić information content (AvgIpc) is 3.11. The number of allylic oxidation sites excluding steroid dienone is 1. The molecule has 0 atom stereocenters. The van der Waals surface area contributed by atoms with Crippen LogP contribution in [0.1, 0.15) is 50.2 Å². The molecule has 32 heavy (non-hydrogen) atoms. The van der Waals surface area contributed by atoms with Gasteiger partial charge >= 0.3 is 5.97 Å². The van der Waals surface area contributed by atoms with Gasteiger partial charge in [0.05, 0.1) is 13.7 Å². The molecule has 3 aromatic rings. The first-order chi connectivity index (χ1) is 15.4. The maximum atomic E-state index is 12.8. The largest absolute Gasteiger partial charge is 0.493 e. The lowest BCUT2D eigenvalue weighted by atomic mass is 10.0. The Morgan fingerprint density at radius 1 is 1.03 bits per heavy atom. The van der Waals surface area contributed by atoms with E-state index in [9.17, 15) is 9.59 Å². The van der Waals surface area contributed by atoms with Crippen LogP contribution in [0.15, 0.2) is 54.6 Å². The third kappa shape index (κ3) is 5.27. The minimum absolute atomic E-state index is 0.199. The second-order valence-electron chi connectivity index (χ2n) is 7.23. The number of H-pyrrole nitrogens is 1. The quantitative estimate of drug-likeness (QED) is 0.282. The van der Waals surface area contributed by atoms with Crippen molar-refractivity contribution in [2.45, 2.75) is 27.4 Å². The zero-order chi connectivity index (χ0) is 23.1. The van der Waals surface area contributed by atoms with Crippen LogP contribution in [0, 0.1) is 13.8 Å². The summed E-state index contributed by atoms with van der Waals surface area (Å²) < 4.78 is 16.4. The lowest BCUT2D eigenvalue weighted by Gasteiger charge is -2.11. The first-order valence-corrected chi connectivity index (χ1v) is 10.4. The van der Waals surface area contributed by atoms with E-state index in [-0.39, 0.29) is 12.4 Å². The SMILES string of the molecule is CCOC(=O)c1[nH]c(C)c(C(=O)/C=C/c2ccc(OCc3ccccc3)c(OC)c2)c1C. The standard InChI is InChI=1S/C26H27NO5/c1-5-31-26(29)25-17(2)24(18(3)27-25)21(28)13-11-19-12-14-22(23(15-19)30-4)32-16-20-9-7-6-8-10-20/h6-15,27H,5,16H2,1-4H3/b13-11+. The zero-order valence-corrected chi connectivity index (χ0v) is 18.7. The summed E-state index contributed by atoms with van der Waals surface area (Å²) in [7, 11) is 1.58. The number of aryl methyl sites for hydroxylation is 1. The Bertz CT molecular complexity index is 1130. The third-order valence-electron chi connectivity index (χ3n) is 5.02. The summed E-state index contributed by atoms with van der Waals surface area (Å²) in [5.74, 6) is 0.535. The van der Waals surface area contributed by atoms with Gasteiger partial charge in [0.25, 0.3) is 0 Å². The van der Waals surface area contributed by atoms with Gasteiger partial charge in [-0.25, -0.2) is 4.79 Å². The van der Waals surface area contributed by atoms with Gasteiger partial charge in [-0.05, 0) is 55.7 Å². The molecule has 0 saturated carbocycles. The maximum Gasteiger partial charge on any atom is 0.355 e. The number of nitrogens with one attached hydrogen (secondary N) is 1. The number of carbonyl (C=O) groups is 2. The Balaban J connectivity index is 1.75. The fourth-order valence-corrected chi connectivity index (χ4v) is 3.42. The van der Waals surface area contributed by atoms with E-state index in [1.165, 1.54) is 6.08 Å². The highest BCUT2D eigenvalue weighted by atomic mass is 16.5. The lowest BCUT2D eigenvalue weighted by molar-refractivity contribution is 0.0519. The number of ether oxygens (including phenoxy) is 3. The van der Waals surface area contributed by atoms with Crippen molar-refractivity contribution in [2.75, 3.05) is 13.7 Å². The summed E-state index contributed by atoms with van der Waals surface area (Å²) in [4.78, 5) is 27.9. The first-order valence-electron chi connectivity index (χ1n) is 10.4. The fraction of sp³-hybridized carbons (Fsp3) is 0.231. The van der Waals surface area contributed by atoms with Crippen molar-refractivity contribution >= 4 is 17.8 Å². The molecule has 0 amide bonds. The van der Waals surface area contributed by atoms with Gasteiger partial charge in [0.15, 0.2) is 17.3 Å². The van der Waals surface area contributed by atoms with E-state index in [1.807, 2.05) is 48.5 Å². The van der Waals surface area contributed by atoms with E-state index < -0.39 is 5.97 Å². The third-order valence-corrected chi connectivity index (χ3v) is 5.02. The average molecular weight is 434 g/mol. The van der Waals surface area contributed by atoms with E-state index in [2.05, 4.69) is 4.98 Å². The smallest absolute Gasteiger partial charge is 0.355 e. The maximum absolute atomic E-state index is 12.8. The summed E-state index contributed by atoms with van der Waals surface area (Å²) in [6, 6.07) is 15.4. The summed E-state index contributed by atoms with van der Waals surface area (Å²) in [5.41, 5.74) is 3.84. The van der Waals surface area contributed by atoms with E-state index in [0.29, 0.717) is 40.6 Å². The van der Waals surface area contributed by atoms with Gasteiger partial charge in [0.1, 0.15) is 12.3 Å². The molecule has 0 aliphatic rings. The molecule has 1 aromatic heterocycles. The highest BCUT2D eigenvalue weighted by molar-refractivity contribution is 6.10. The highest BCUT2D eigenvalue weighted by Gasteiger charge is 2.21. The molecule has 1 heterocycles. The number of ketones is 1. The normalized spacial score (nSPS) is 10.9. The molecule has 0 fully saturated rings. The van der Waals surface area contributed by atoms with E-state index in [4.69, 9.17) is 14.2 Å². The van der Waals surface area contributed by atoms with Crippen LogP contribution in [0.5, 0.6) is 11.5 Å². The van der Waals surface area contributed by atoms with E-state index >= 15 is 0 Å². The van der Waals surface area contributed by atoms with Crippen LogP contribution in [-0.4, -0.2) is 30.5 Å². The minimum atomic E-state index is -0.466. The van der Waals surface area contributed by atoms with Gasteiger partial charge < -0.3 is 19.2 Å². The molecule has 6 heteroatoms. The van der Waals surface area contributed by atoms with Crippen LogP contribution in [-0.2, 0) is 11.3 Å². The molecule has 0 radical (unpaired) electrons. The summed E-state index contributed by atoms with van der Waals surface area (Å²) in [5, 5.41) is 0. The molecule has 0 spiro atoms. The van der Waals surface area contributed by atoms with Crippen LogP contribution in [0.3, 0.4) is 0 Å². The topological polar surface area (TPSA) is 77.6 Å². The van der Waals surface area contributed by atoms with Crippen LogP contribution >= 0.6 is 0 Å². The number of hydrogen-bond donors (Lipinski definition) is 1. The van der Waals surface area contributed by atoms with E-state index in [0.717, 1.165) is 11.1 Å². The monoisotopic (exact) mass is 433 g/mol. The molecular weight excluding hydrogens is 406 g/mol. The summed E-state index contributed by atoms with van der Waals surface area (Å²) in [6.07, 6.45) is 3.19. The number of aromatic nitrogens is 1. The number of benzene rings is 2. The number of carbonyl (C=O) groups excluding carboxylic acids is 2. The molecule has 6 nitrogen and oxygen atoms in total. The lowest BCUT2D eigenvalue weighted by Crippen LogP contribution is -2.07. The Kier molecular flexibility index (Phi) is 7.49. The molecule has 1 N–H and O–H groups in total. The summed E-state index contributed by atoms with van der Waals surface area (Å²) >= 11 is 0. The fourth-order valence-electron chi connectivity index (χ4n) is 3.42. The van der Waals surface area contributed by atoms with Crippen LogP contribution < -0.4 is 9.47 Å². The molecule has 166 valence electrons. The number of esters is 1. The van der Waals surface area contributed by atoms with Crippen LogP contribution in [0.25, 0.3) is 6.08 Å². The molecule has 3 rings (SSSR count). The van der Waals surface area contributed by atoms with Gasteiger partial charge in [-0.15, -0.1) is 0 Å². The zero-order valence-electron chi connectivity index (χ0n) is 18.7. The predicted octanol–water partition coefficient (Wildman–Crippen LogP) is 5.29. The second-order valence-corrected chi connectivity index (χ2v) is 7.23. The molecule has 0 unspecified atom stereocenters. The minimum Gasteiger partial charge on any atom is -0.493 e. The van der Waals surface area contributed by atoms with Gasteiger partial charge in [-0.2, -0.15) is 0 Å². The van der Waals surface area contributed by atoms with Crippen molar-refractivity contribution in [3.8, 4) is 11.5 Å². The number of methoxy groups -OCH3 is 1. The van der Waals surface area contributed by atoms with Gasteiger partial charge in [0, 0.05) is 11.3 Å². The Labute approximate surface area is 187 Å². The number of rotatable bonds is 9. The summed E-state index contributed by atoms with van der Waals surface area (Å²) in [6.45, 7) is 5.94. The number of hydrogen-bond acceptors (Lipinski definition) is 5. The van der Waals surface area contributed by atoms with Crippen LogP contribution in [0.4, 0.5) is 0 Å². The van der Waals surface area contributed by atoms with Crippen molar-refractivity contribution in [1.29, 1.82) is 0 Å². The van der Waals surface area contributed by atoms with Gasteiger partial charge in [0.2, 0.25) is 0 Å². The molecular formula is C26H27NO5. The first kappa shape index (κ1) is 22.9. The van der Waals surface area contributed by atoms with Crippen molar-refractivity contribution in [3.05, 3.63) is 88.2 Å². The van der Waals surface area contributed by atoms with Crippen molar-refractivity contribution in [2.24, 2.45) is 0 Å². The Morgan fingerprint density at radius 2 is 1.78 bits per heavy atom. The number of aromatic amines is 1. The molecule has 0 aliphatic carbocycles. The molecule has 0 aliphatic heterocycles. The van der Waals surface area contributed by atoms with Crippen LogP contribution in [0.2, 0.25) is 0 Å². The highest BCUT2D eigenvalue weighted by Crippen LogP contribution is 2.29.